The number of nitrogens with zero attached hydrogens (tertiary/aromatic N) is 2. The fraction of sp³-hybridized carbons (Fsp3) is 0.692. The van der Waals surface area contributed by atoms with Crippen LogP contribution in [0.2, 0.25) is 5.02 Å². The minimum atomic E-state index is -0.634. The van der Waals surface area contributed by atoms with E-state index in [-0.39, 0.29) is 0 Å². The second kappa shape index (κ2) is 6.39. The molecule has 1 aliphatic carbocycles. The first-order valence-electron chi connectivity index (χ1n) is 6.86. The van der Waals surface area contributed by atoms with Gasteiger partial charge in [0.2, 0.25) is 5.95 Å². The summed E-state index contributed by atoms with van der Waals surface area (Å²) < 4.78 is 0. The Morgan fingerprint density at radius 2 is 2.05 bits per heavy atom. The molecule has 1 aliphatic rings. The van der Waals surface area contributed by atoms with Gasteiger partial charge in [0.05, 0.1) is 11.8 Å². The molecular weight excluding hydrogens is 264 g/mol. The van der Waals surface area contributed by atoms with Gasteiger partial charge in [-0.3, -0.25) is 0 Å². The molecule has 1 fully saturated rings. The van der Waals surface area contributed by atoms with Crippen molar-refractivity contribution in [2.75, 3.05) is 23.7 Å². The standard InChI is InChI=1S/C13H21ClN4O/c1-2-15-12-16-8-10(14)11(18-12)17-9-13(19)6-4-3-5-7-13/h8,19H,2-7,9H2,1H3,(H2,15,16,17,18). The van der Waals surface area contributed by atoms with Crippen LogP contribution in [-0.4, -0.2) is 33.8 Å². The second-order valence-electron chi connectivity index (χ2n) is 5.06. The highest BCUT2D eigenvalue weighted by Crippen LogP contribution is 2.29. The summed E-state index contributed by atoms with van der Waals surface area (Å²) in [5.74, 6) is 1.12. The fourth-order valence-electron chi connectivity index (χ4n) is 2.37. The van der Waals surface area contributed by atoms with Gasteiger partial charge < -0.3 is 15.7 Å². The Bertz CT molecular complexity index is 421. The maximum Gasteiger partial charge on any atom is 0.224 e. The van der Waals surface area contributed by atoms with Crippen LogP contribution >= 0.6 is 11.6 Å². The van der Waals surface area contributed by atoms with Crippen molar-refractivity contribution < 1.29 is 5.11 Å². The van der Waals surface area contributed by atoms with Gasteiger partial charge in [0.25, 0.3) is 0 Å². The van der Waals surface area contributed by atoms with E-state index in [0.717, 1.165) is 32.2 Å². The molecule has 0 amide bonds. The lowest BCUT2D eigenvalue weighted by molar-refractivity contribution is 0.0166. The molecule has 0 aliphatic heterocycles. The molecule has 3 N–H and O–H groups in total. The molecule has 1 aromatic heterocycles. The average Bonchev–Trinajstić information content (AvgIpc) is 2.41. The van der Waals surface area contributed by atoms with E-state index in [0.29, 0.717) is 23.3 Å². The molecule has 106 valence electrons. The van der Waals surface area contributed by atoms with Crippen molar-refractivity contribution in [3.8, 4) is 0 Å². The summed E-state index contributed by atoms with van der Waals surface area (Å²) in [6.45, 7) is 3.22. The van der Waals surface area contributed by atoms with E-state index < -0.39 is 5.60 Å². The van der Waals surface area contributed by atoms with Crippen LogP contribution in [0, 0.1) is 0 Å². The first kappa shape index (κ1) is 14.3. The lowest BCUT2D eigenvalue weighted by Crippen LogP contribution is -2.39. The first-order valence-corrected chi connectivity index (χ1v) is 7.23. The summed E-state index contributed by atoms with van der Waals surface area (Å²) in [5.41, 5.74) is -0.634. The number of halogens is 1. The third-order valence-electron chi connectivity index (χ3n) is 3.45. The molecule has 2 rings (SSSR count). The van der Waals surface area contributed by atoms with Crippen molar-refractivity contribution in [1.29, 1.82) is 0 Å². The minimum Gasteiger partial charge on any atom is -0.388 e. The Labute approximate surface area is 118 Å². The van der Waals surface area contributed by atoms with E-state index in [9.17, 15) is 5.11 Å². The van der Waals surface area contributed by atoms with Gasteiger partial charge in [0.1, 0.15) is 5.02 Å². The van der Waals surface area contributed by atoms with Crippen LogP contribution in [-0.2, 0) is 0 Å². The van der Waals surface area contributed by atoms with Gasteiger partial charge in [0.15, 0.2) is 5.82 Å². The minimum absolute atomic E-state index is 0.473. The molecule has 0 atom stereocenters. The van der Waals surface area contributed by atoms with Crippen LogP contribution in [0.15, 0.2) is 6.20 Å². The third kappa shape index (κ3) is 3.94. The lowest BCUT2D eigenvalue weighted by Gasteiger charge is -2.32. The van der Waals surface area contributed by atoms with E-state index in [1.54, 1.807) is 6.20 Å². The summed E-state index contributed by atoms with van der Waals surface area (Å²) in [4.78, 5) is 8.39. The number of aromatic nitrogens is 2. The van der Waals surface area contributed by atoms with Gasteiger partial charge in [-0.05, 0) is 19.8 Å². The Balaban J connectivity index is 1.99. The molecule has 0 aromatic carbocycles. The molecule has 0 bridgehead atoms. The zero-order valence-electron chi connectivity index (χ0n) is 11.2. The summed E-state index contributed by atoms with van der Waals surface area (Å²) in [6, 6.07) is 0. The van der Waals surface area contributed by atoms with E-state index >= 15 is 0 Å². The predicted molar refractivity (Wildman–Crippen MR) is 77.7 cm³/mol. The van der Waals surface area contributed by atoms with Gasteiger partial charge in [-0.1, -0.05) is 30.9 Å². The highest BCUT2D eigenvalue weighted by Gasteiger charge is 2.29. The number of anilines is 2. The van der Waals surface area contributed by atoms with E-state index in [2.05, 4.69) is 20.6 Å². The first-order chi connectivity index (χ1) is 9.13. The lowest BCUT2D eigenvalue weighted by atomic mass is 9.85. The number of rotatable bonds is 5. The van der Waals surface area contributed by atoms with Crippen molar-refractivity contribution in [3.05, 3.63) is 11.2 Å². The Morgan fingerprint density at radius 3 is 2.74 bits per heavy atom. The van der Waals surface area contributed by atoms with Crippen LogP contribution in [0.5, 0.6) is 0 Å². The summed E-state index contributed by atoms with van der Waals surface area (Å²) in [6.07, 6.45) is 6.61. The van der Waals surface area contributed by atoms with Gasteiger partial charge in [-0.25, -0.2) is 4.98 Å². The zero-order chi connectivity index (χ0) is 13.7. The summed E-state index contributed by atoms with van der Waals surface area (Å²) in [7, 11) is 0. The van der Waals surface area contributed by atoms with Crippen LogP contribution in [0.3, 0.4) is 0 Å². The van der Waals surface area contributed by atoms with Crippen LogP contribution in [0.25, 0.3) is 0 Å². The normalized spacial score (nSPS) is 18.1. The van der Waals surface area contributed by atoms with Gasteiger partial charge in [-0.2, -0.15) is 4.98 Å². The average molecular weight is 285 g/mol. The quantitative estimate of drug-likeness (QED) is 0.775. The topological polar surface area (TPSA) is 70.1 Å². The zero-order valence-corrected chi connectivity index (χ0v) is 12.0. The van der Waals surface area contributed by atoms with Gasteiger partial charge >= 0.3 is 0 Å². The van der Waals surface area contributed by atoms with Crippen molar-refractivity contribution in [2.45, 2.75) is 44.6 Å². The maximum atomic E-state index is 10.4. The third-order valence-corrected chi connectivity index (χ3v) is 3.72. The predicted octanol–water partition coefficient (Wildman–Crippen LogP) is 2.67. The maximum absolute atomic E-state index is 10.4. The van der Waals surface area contributed by atoms with Crippen LogP contribution in [0.4, 0.5) is 11.8 Å². The number of aliphatic hydroxyl groups is 1. The Kier molecular flexibility index (Phi) is 4.82. The monoisotopic (exact) mass is 284 g/mol. The second-order valence-corrected chi connectivity index (χ2v) is 5.47. The molecule has 1 aromatic rings. The Morgan fingerprint density at radius 1 is 1.32 bits per heavy atom. The van der Waals surface area contributed by atoms with Gasteiger partial charge in [-0.15, -0.1) is 0 Å². The molecule has 19 heavy (non-hydrogen) atoms. The molecule has 1 heterocycles. The van der Waals surface area contributed by atoms with Crippen LogP contribution in [0.1, 0.15) is 39.0 Å². The number of hydrogen-bond donors (Lipinski definition) is 3. The largest absolute Gasteiger partial charge is 0.388 e. The smallest absolute Gasteiger partial charge is 0.224 e. The molecule has 0 unspecified atom stereocenters. The van der Waals surface area contributed by atoms with Gasteiger partial charge in [0, 0.05) is 13.1 Å². The molecular formula is C13H21ClN4O. The number of nitrogens with one attached hydrogen (secondary N) is 2. The van der Waals surface area contributed by atoms with Crippen molar-refractivity contribution in [3.63, 3.8) is 0 Å². The number of hydrogen-bond acceptors (Lipinski definition) is 5. The Hall–Kier alpha value is -1.07. The highest BCUT2D eigenvalue weighted by atomic mass is 35.5. The molecule has 0 saturated heterocycles. The van der Waals surface area contributed by atoms with E-state index in [4.69, 9.17) is 11.6 Å². The van der Waals surface area contributed by atoms with Crippen molar-refractivity contribution in [1.82, 2.24) is 9.97 Å². The molecule has 6 heteroatoms. The molecule has 5 nitrogen and oxygen atoms in total. The molecule has 0 radical (unpaired) electrons. The van der Waals surface area contributed by atoms with Crippen LogP contribution < -0.4 is 10.6 Å². The van der Waals surface area contributed by atoms with E-state index in [1.807, 2.05) is 6.92 Å². The fourth-order valence-corrected chi connectivity index (χ4v) is 2.53. The highest BCUT2D eigenvalue weighted by molar-refractivity contribution is 6.32. The molecule has 0 spiro atoms. The van der Waals surface area contributed by atoms with Crippen molar-refractivity contribution in [2.24, 2.45) is 0 Å². The summed E-state index contributed by atoms with van der Waals surface area (Å²) >= 11 is 6.06. The summed E-state index contributed by atoms with van der Waals surface area (Å²) in [5, 5.41) is 17.1. The SMILES string of the molecule is CCNc1ncc(Cl)c(NCC2(O)CCCCC2)n1. The molecule has 1 saturated carbocycles. The van der Waals surface area contributed by atoms with Crippen molar-refractivity contribution >= 4 is 23.4 Å². The van der Waals surface area contributed by atoms with E-state index in [1.165, 1.54) is 6.42 Å².